The van der Waals surface area contributed by atoms with Crippen LogP contribution in [-0.4, -0.2) is 28.5 Å². The normalized spacial score (nSPS) is 14.6. The molecule has 0 amide bonds. The van der Waals surface area contributed by atoms with E-state index in [1.165, 1.54) is 12.8 Å². The third kappa shape index (κ3) is 15.9. The molecule has 0 aliphatic heterocycles. The number of aldehydes is 1. The lowest BCUT2D eigenvalue weighted by Gasteiger charge is -2.12. The molecule has 1 N–H and O–H groups in total. The Morgan fingerprint density at radius 3 is 2.07 bits per heavy atom. The van der Waals surface area contributed by atoms with E-state index < -0.39 is 12.1 Å². The van der Waals surface area contributed by atoms with Crippen LogP contribution in [0.2, 0.25) is 0 Å². The van der Waals surface area contributed by atoms with E-state index in [0.29, 0.717) is 19.3 Å². The summed E-state index contributed by atoms with van der Waals surface area (Å²) < 4.78 is 0. The van der Waals surface area contributed by atoms with Gasteiger partial charge in [-0.2, -0.15) is 0 Å². The van der Waals surface area contributed by atoms with E-state index in [-0.39, 0.29) is 11.3 Å². The largest absolute Gasteiger partial charge is 0.386 e. The third-order valence-electron chi connectivity index (χ3n) is 4.11. The molecule has 0 rings (SSSR count). The van der Waals surface area contributed by atoms with Gasteiger partial charge in [-0.05, 0) is 38.5 Å². The molecule has 0 aliphatic carbocycles. The highest BCUT2D eigenvalue weighted by Crippen LogP contribution is 2.10. The van der Waals surface area contributed by atoms with Gasteiger partial charge in [0.15, 0.2) is 0 Å². The van der Waals surface area contributed by atoms with Gasteiger partial charge >= 0.3 is 0 Å². The van der Waals surface area contributed by atoms with Gasteiger partial charge in [-0.15, -0.1) is 0 Å². The van der Waals surface area contributed by atoms with Crippen LogP contribution < -0.4 is 0 Å². The molecule has 0 saturated heterocycles. The second kappa shape index (κ2) is 18.8. The van der Waals surface area contributed by atoms with Crippen LogP contribution in [0.25, 0.3) is 0 Å². The van der Waals surface area contributed by atoms with Crippen LogP contribution in [0.1, 0.15) is 71.1 Å². The summed E-state index contributed by atoms with van der Waals surface area (Å²) in [5, 5.41) is 21.2. The maximum Gasteiger partial charge on any atom is 0.242 e. The van der Waals surface area contributed by atoms with E-state index in [1.807, 2.05) is 42.5 Å². The topological polar surface area (TPSA) is 80.4 Å². The molecule has 0 bridgehead atoms. The summed E-state index contributed by atoms with van der Waals surface area (Å²) in [6, 6.07) is -0.966. The minimum Gasteiger partial charge on any atom is -0.386 e. The molecule has 0 fully saturated rings. The summed E-state index contributed by atoms with van der Waals surface area (Å²) >= 11 is 0. The highest BCUT2D eigenvalue weighted by atomic mass is 16.6. The zero-order valence-corrected chi connectivity index (χ0v) is 16.5. The molecular weight excluding hydrogens is 342 g/mol. The Labute approximate surface area is 163 Å². The average Bonchev–Trinajstić information content (AvgIpc) is 2.65. The molecule has 0 aromatic rings. The number of rotatable bonds is 17. The lowest BCUT2D eigenvalue weighted by atomic mass is 10.0. The summed E-state index contributed by atoms with van der Waals surface area (Å²) in [5.41, 5.74) is 0. The minimum absolute atomic E-state index is 0.233. The maximum absolute atomic E-state index is 11.2. The molecule has 0 spiro atoms. The van der Waals surface area contributed by atoms with E-state index in [4.69, 9.17) is 0 Å². The van der Waals surface area contributed by atoms with Crippen molar-refractivity contribution in [2.45, 2.75) is 83.3 Å². The van der Waals surface area contributed by atoms with Crippen LogP contribution in [0.4, 0.5) is 0 Å². The predicted octanol–water partition coefficient (Wildman–Crippen LogP) is 5.34. The molecule has 0 aliphatic rings. The van der Waals surface area contributed by atoms with Crippen LogP contribution in [-0.2, 0) is 4.79 Å². The Bertz CT molecular complexity index is 495. The Balaban J connectivity index is 4.08. The molecule has 0 aromatic carbocycles. The smallest absolute Gasteiger partial charge is 0.242 e. The molecule has 0 aromatic heterocycles. The Hall–Kier alpha value is -2.01. The average molecular weight is 378 g/mol. The number of hydrogen-bond acceptors (Lipinski definition) is 4. The zero-order valence-electron chi connectivity index (χ0n) is 16.5. The number of carbonyl (C=O) groups excluding carboxylic acids is 1. The van der Waals surface area contributed by atoms with Gasteiger partial charge in [0.1, 0.15) is 12.4 Å². The number of carbonyl (C=O) groups is 1. The number of nitrogens with zero attached hydrogens (tertiary/aromatic N) is 1. The molecule has 27 heavy (non-hydrogen) atoms. The van der Waals surface area contributed by atoms with Gasteiger partial charge in [-0.1, -0.05) is 68.4 Å². The predicted molar refractivity (Wildman–Crippen MR) is 111 cm³/mol. The minimum atomic E-state index is -0.966. The van der Waals surface area contributed by atoms with Crippen LogP contribution >= 0.6 is 0 Å². The van der Waals surface area contributed by atoms with Gasteiger partial charge in [0.05, 0.1) is 0 Å². The van der Waals surface area contributed by atoms with Crippen LogP contribution in [0, 0.1) is 10.1 Å². The summed E-state index contributed by atoms with van der Waals surface area (Å²) in [6.45, 7) is 2.15. The summed E-state index contributed by atoms with van der Waals surface area (Å²) in [5.74, 6) is 0. The van der Waals surface area contributed by atoms with Gasteiger partial charge in [-0.25, -0.2) is 0 Å². The molecule has 0 heterocycles. The van der Waals surface area contributed by atoms with Crippen molar-refractivity contribution in [3.8, 4) is 0 Å². The van der Waals surface area contributed by atoms with Crippen LogP contribution in [0.15, 0.2) is 48.6 Å². The molecule has 5 heteroatoms. The summed E-state index contributed by atoms with van der Waals surface area (Å²) in [6.07, 6.45) is 23.3. The second-order valence-electron chi connectivity index (χ2n) is 6.49. The summed E-state index contributed by atoms with van der Waals surface area (Å²) in [7, 11) is 0. The van der Waals surface area contributed by atoms with Gasteiger partial charge in [0, 0.05) is 17.8 Å². The van der Waals surface area contributed by atoms with E-state index >= 15 is 0 Å². The van der Waals surface area contributed by atoms with Crippen molar-refractivity contribution in [3.05, 3.63) is 58.7 Å². The number of unbranched alkanes of at least 4 members (excludes halogenated alkanes) is 4. The van der Waals surface area contributed by atoms with Crippen molar-refractivity contribution >= 4 is 6.29 Å². The van der Waals surface area contributed by atoms with Crippen molar-refractivity contribution in [1.29, 1.82) is 0 Å². The molecule has 0 radical (unpaired) electrons. The maximum atomic E-state index is 11.2. The van der Waals surface area contributed by atoms with Crippen LogP contribution in [0.5, 0.6) is 0 Å². The second-order valence-corrected chi connectivity index (χ2v) is 6.49. The van der Waals surface area contributed by atoms with E-state index in [9.17, 15) is 20.0 Å². The van der Waals surface area contributed by atoms with E-state index in [1.54, 1.807) is 6.08 Å². The van der Waals surface area contributed by atoms with Crippen molar-refractivity contribution in [2.75, 3.05) is 0 Å². The van der Waals surface area contributed by atoms with Crippen molar-refractivity contribution < 1.29 is 14.8 Å². The number of aliphatic hydroxyl groups is 1. The fourth-order valence-electron chi connectivity index (χ4n) is 2.47. The monoisotopic (exact) mass is 377 g/mol. The highest BCUT2D eigenvalue weighted by molar-refractivity contribution is 5.49. The number of hydrogen-bond donors (Lipinski definition) is 1. The van der Waals surface area contributed by atoms with Gasteiger partial charge in [-0.3, -0.25) is 10.1 Å². The zero-order chi connectivity index (χ0) is 20.2. The van der Waals surface area contributed by atoms with E-state index in [2.05, 4.69) is 6.92 Å². The Kier molecular flexibility index (Phi) is 17.4. The van der Waals surface area contributed by atoms with Gasteiger partial charge in [0.2, 0.25) is 6.04 Å². The lowest BCUT2D eigenvalue weighted by molar-refractivity contribution is -0.533. The Morgan fingerprint density at radius 1 is 0.852 bits per heavy atom. The number of aliphatic hydroxyl groups excluding tert-OH is 1. The number of nitro groups is 1. The fourth-order valence-corrected chi connectivity index (χ4v) is 2.47. The van der Waals surface area contributed by atoms with Crippen LogP contribution in [0.3, 0.4) is 0 Å². The SMILES string of the molecule is CCCCC/C=C\CC(O)C(C/C=C\C/C=C\C/C=C\CCC=O)[N+](=O)[O-]. The highest BCUT2D eigenvalue weighted by Gasteiger charge is 2.27. The van der Waals surface area contributed by atoms with Crippen molar-refractivity contribution in [1.82, 2.24) is 0 Å². The summed E-state index contributed by atoms with van der Waals surface area (Å²) in [4.78, 5) is 20.9. The first-order valence-corrected chi connectivity index (χ1v) is 9.98. The molecule has 2 unspecified atom stereocenters. The van der Waals surface area contributed by atoms with Gasteiger partial charge in [0.25, 0.3) is 0 Å². The van der Waals surface area contributed by atoms with E-state index in [0.717, 1.165) is 32.0 Å². The molecular formula is C22H35NO4. The number of allylic oxidation sites excluding steroid dienone is 6. The first-order valence-electron chi connectivity index (χ1n) is 9.98. The third-order valence-corrected chi connectivity index (χ3v) is 4.11. The molecule has 2 atom stereocenters. The van der Waals surface area contributed by atoms with Crippen molar-refractivity contribution in [3.63, 3.8) is 0 Å². The first-order chi connectivity index (χ1) is 13.1. The van der Waals surface area contributed by atoms with Crippen molar-refractivity contribution in [2.24, 2.45) is 0 Å². The molecule has 5 nitrogen and oxygen atoms in total. The first kappa shape index (κ1) is 25.0. The fraction of sp³-hybridized carbons (Fsp3) is 0.591. The Morgan fingerprint density at radius 2 is 1.44 bits per heavy atom. The quantitative estimate of drug-likeness (QED) is 0.122. The molecule has 152 valence electrons. The molecule has 0 saturated carbocycles. The standard InChI is InChI=1S/C22H35NO4/c1-2-3-4-5-13-16-19-22(25)21(23(26)27)18-15-12-10-8-6-7-9-11-14-17-20-24/h6,8-9,11-13,15-16,20-22,25H,2-5,7,10,14,17-19H2,1H3/b8-6-,11-9-,15-12-,16-13-. The lowest BCUT2D eigenvalue weighted by Crippen LogP contribution is -2.32. The van der Waals surface area contributed by atoms with Gasteiger partial charge < -0.3 is 9.90 Å².